The first-order valence-corrected chi connectivity index (χ1v) is 7.74. The normalized spacial score (nSPS) is 9.85. The summed E-state index contributed by atoms with van der Waals surface area (Å²) in [6, 6.07) is 19.3. The second kappa shape index (κ2) is 7.77. The molecule has 26 heavy (non-hydrogen) atoms. The molecule has 0 aliphatic heterocycles. The zero-order valence-corrected chi connectivity index (χ0v) is 13.9. The Morgan fingerprint density at radius 1 is 1.04 bits per heavy atom. The molecule has 0 radical (unpaired) electrons. The monoisotopic (exact) mass is 345 g/mol. The number of aromatic nitrogens is 2. The van der Waals surface area contributed by atoms with Gasteiger partial charge in [-0.2, -0.15) is 5.26 Å². The van der Waals surface area contributed by atoms with Crippen LogP contribution in [0.3, 0.4) is 0 Å². The van der Waals surface area contributed by atoms with Crippen molar-refractivity contribution in [3.8, 4) is 11.8 Å². The van der Waals surface area contributed by atoms with Crippen molar-refractivity contribution in [1.82, 2.24) is 10.2 Å². The number of ether oxygens (including phenoxy) is 1. The predicted octanol–water partition coefficient (Wildman–Crippen LogP) is 3.35. The molecule has 0 aliphatic rings. The minimum Gasteiger partial charge on any atom is -0.497 e. The van der Waals surface area contributed by atoms with Crippen molar-refractivity contribution in [1.29, 1.82) is 5.26 Å². The van der Waals surface area contributed by atoms with Gasteiger partial charge in [0.1, 0.15) is 5.75 Å². The zero-order valence-electron chi connectivity index (χ0n) is 13.9. The van der Waals surface area contributed by atoms with Crippen LogP contribution in [0.5, 0.6) is 5.75 Å². The summed E-state index contributed by atoms with van der Waals surface area (Å²) in [7, 11) is 1.60. The average molecular weight is 345 g/mol. The van der Waals surface area contributed by atoms with Gasteiger partial charge in [0.15, 0.2) is 11.5 Å². The zero-order chi connectivity index (χ0) is 18.4. The molecule has 3 rings (SSSR count). The first-order chi connectivity index (χ1) is 12.7. The number of nitrogens with one attached hydrogen (secondary N) is 2. The number of hydrogen-bond donors (Lipinski definition) is 2. The summed E-state index contributed by atoms with van der Waals surface area (Å²) in [6.45, 7) is 0. The Hall–Kier alpha value is -3.92. The van der Waals surface area contributed by atoms with Crippen molar-refractivity contribution in [2.45, 2.75) is 0 Å². The van der Waals surface area contributed by atoms with Crippen molar-refractivity contribution < 1.29 is 9.53 Å². The number of benzene rings is 2. The first kappa shape index (κ1) is 16.9. The molecule has 3 aromatic rings. The van der Waals surface area contributed by atoms with E-state index in [1.54, 1.807) is 43.5 Å². The van der Waals surface area contributed by atoms with Crippen LogP contribution in [0.4, 0.5) is 17.2 Å². The van der Waals surface area contributed by atoms with Gasteiger partial charge in [0.25, 0.3) is 5.91 Å². The highest BCUT2D eigenvalue weighted by Crippen LogP contribution is 2.20. The van der Waals surface area contributed by atoms with Gasteiger partial charge in [-0.25, -0.2) is 0 Å². The number of carbonyl (C=O) groups excluding carboxylic acids is 1. The van der Waals surface area contributed by atoms with Crippen molar-refractivity contribution in [2.75, 3.05) is 17.7 Å². The summed E-state index contributed by atoms with van der Waals surface area (Å²) in [5.74, 6) is 0.820. The molecule has 0 saturated carbocycles. The summed E-state index contributed by atoms with van der Waals surface area (Å²) in [5, 5.41) is 22.6. The number of nitriles is 1. The van der Waals surface area contributed by atoms with Gasteiger partial charge < -0.3 is 15.4 Å². The Morgan fingerprint density at radius 3 is 2.58 bits per heavy atom. The number of hydrogen-bond acceptors (Lipinski definition) is 6. The van der Waals surface area contributed by atoms with Crippen LogP contribution < -0.4 is 15.4 Å². The molecule has 1 aromatic heterocycles. The molecule has 0 fully saturated rings. The number of amides is 1. The van der Waals surface area contributed by atoms with E-state index in [9.17, 15) is 4.79 Å². The maximum atomic E-state index is 12.2. The lowest BCUT2D eigenvalue weighted by molar-refractivity contribution is 0.102. The van der Waals surface area contributed by atoms with E-state index in [4.69, 9.17) is 10.00 Å². The van der Waals surface area contributed by atoms with Gasteiger partial charge in [-0.05, 0) is 42.5 Å². The summed E-state index contributed by atoms with van der Waals surface area (Å²) in [5.41, 5.74) is 1.95. The van der Waals surface area contributed by atoms with Gasteiger partial charge in [0.2, 0.25) is 0 Å². The highest BCUT2D eigenvalue weighted by Gasteiger charge is 2.09. The van der Waals surface area contributed by atoms with Crippen LogP contribution in [-0.2, 0) is 0 Å². The largest absolute Gasteiger partial charge is 0.497 e. The molecule has 1 amide bonds. The minimum absolute atomic E-state index is 0.170. The molecule has 0 atom stereocenters. The second-order valence-electron chi connectivity index (χ2n) is 5.31. The fourth-order valence-corrected chi connectivity index (χ4v) is 2.23. The van der Waals surface area contributed by atoms with E-state index in [0.717, 1.165) is 11.4 Å². The molecule has 0 saturated heterocycles. The van der Waals surface area contributed by atoms with Gasteiger partial charge in [-0.3, -0.25) is 4.79 Å². The van der Waals surface area contributed by atoms with E-state index >= 15 is 0 Å². The summed E-state index contributed by atoms with van der Waals surface area (Å²) in [6.07, 6.45) is 0. The number of nitrogens with zero attached hydrogens (tertiary/aromatic N) is 3. The van der Waals surface area contributed by atoms with Crippen LogP contribution in [0.1, 0.15) is 16.1 Å². The average Bonchev–Trinajstić information content (AvgIpc) is 2.69. The summed E-state index contributed by atoms with van der Waals surface area (Å²) < 4.78 is 5.17. The fraction of sp³-hybridized carbons (Fsp3) is 0.0526. The number of rotatable bonds is 5. The maximum Gasteiger partial charge on any atom is 0.276 e. The van der Waals surface area contributed by atoms with Crippen LogP contribution in [0.2, 0.25) is 0 Å². The third-order valence-electron chi connectivity index (χ3n) is 3.49. The SMILES string of the molecule is COc1cccc(Nc2ccc(C(=O)Nc3cccc(C#N)c3)nn2)c1. The molecule has 7 nitrogen and oxygen atoms in total. The van der Waals surface area contributed by atoms with Crippen LogP contribution in [0.25, 0.3) is 0 Å². The van der Waals surface area contributed by atoms with Gasteiger partial charge >= 0.3 is 0 Å². The van der Waals surface area contributed by atoms with E-state index in [0.29, 0.717) is 17.1 Å². The van der Waals surface area contributed by atoms with Gasteiger partial charge in [0.05, 0.1) is 18.7 Å². The highest BCUT2D eigenvalue weighted by atomic mass is 16.5. The van der Waals surface area contributed by atoms with Gasteiger partial charge in [-0.1, -0.05) is 12.1 Å². The molecular weight excluding hydrogens is 330 g/mol. The van der Waals surface area contributed by atoms with Crippen LogP contribution >= 0.6 is 0 Å². The molecule has 0 aliphatic carbocycles. The molecule has 2 N–H and O–H groups in total. The predicted molar refractivity (Wildman–Crippen MR) is 97.4 cm³/mol. The minimum atomic E-state index is -0.402. The molecule has 0 unspecified atom stereocenters. The molecule has 0 spiro atoms. The van der Waals surface area contributed by atoms with Crippen LogP contribution in [0.15, 0.2) is 60.7 Å². The number of anilines is 3. The Labute approximate surface area is 150 Å². The summed E-state index contributed by atoms with van der Waals surface area (Å²) in [4.78, 5) is 12.2. The van der Waals surface area contributed by atoms with E-state index in [1.165, 1.54) is 0 Å². The number of methoxy groups -OCH3 is 1. The Balaban J connectivity index is 1.68. The van der Waals surface area contributed by atoms with Crippen molar-refractivity contribution in [3.63, 3.8) is 0 Å². The van der Waals surface area contributed by atoms with E-state index in [1.807, 2.05) is 30.3 Å². The molecule has 0 bridgehead atoms. The summed E-state index contributed by atoms with van der Waals surface area (Å²) >= 11 is 0. The first-order valence-electron chi connectivity index (χ1n) is 7.74. The smallest absolute Gasteiger partial charge is 0.276 e. The van der Waals surface area contributed by atoms with E-state index < -0.39 is 5.91 Å². The lowest BCUT2D eigenvalue weighted by Crippen LogP contribution is -2.14. The third kappa shape index (κ3) is 4.13. The van der Waals surface area contributed by atoms with Crippen molar-refractivity contribution in [3.05, 3.63) is 71.9 Å². The topological polar surface area (TPSA) is 99.9 Å². The van der Waals surface area contributed by atoms with Gasteiger partial charge in [0, 0.05) is 17.4 Å². The van der Waals surface area contributed by atoms with E-state index in [2.05, 4.69) is 20.8 Å². The molecule has 128 valence electrons. The highest BCUT2D eigenvalue weighted by molar-refractivity contribution is 6.02. The maximum absolute atomic E-state index is 12.2. The molecule has 7 heteroatoms. The van der Waals surface area contributed by atoms with Gasteiger partial charge in [-0.15, -0.1) is 10.2 Å². The van der Waals surface area contributed by atoms with Crippen LogP contribution in [-0.4, -0.2) is 23.2 Å². The Kier molecular flexibility index (Phi) is 5.05. The van der Waals surface area contributed by atoms with Crippen LogP contribution in [0, 0.1) is 11.3 Å². The molecular formula is C19H15N5O2. The van der Waals surface area contributed by atoms with E-state index in [-0.39, 0.29) is 5.69 Å². The standard InChI is InChI=1S/C19H15N5O2/c1-26-16-7-3-6-15(11-16)21-18-9-8-17(23-24-18)19(25)22-14-5-2-4-13(10-14)12-20/h2-11H,1H3,(H,21,24)(H,22,25). The third-order valence-corrected chi connectivity index (χ3v) is 3.49. The Morgan fingerprint density at radius 2 is 1.85 bits per heavy atom. The molecule has 2 aromatic carbocycles. The van der Waals surface area contributed by atoms with Crippen molar-refractivity contribution in [2.24, 2.45) is 0 Å². The Bertz CT molecular complexity index is 964. The quantitative estimate of drug-likeness (QED) is 0.735. The lowest BCUT2D eigenvalue weighted by atomic mass is 10.2. The second-order valence-corrected chi connectivity index (χ2v) is 5.31. The number of carbonyl (C=O) groups is 1. The fourth-order valence-electron chi connectivity index (χ4n) is 2.23. The lowest BCUT2D eigenvalue weighted by Gasteiger charge is -2.08. The molecule has 1 heterocycles. The van der Waals surface area contributed by atoms with Crippen molar-refractivity contribution >= 4 is 23.1 Å².